The lowest BCUT2D eigenvalue weighted by molar-refractivity contribution is 0.178. The van der Waals surface area contributed by atoms with Crippen LogP contribution in [-0.4, -0.2) is 24.0 Å². The smallest absolute Gasteiger partial charge is 0.138 e. The fourth-order valence-electron chi connectivity index (χ4n) is 2.30. The van der Waals surface area contributed by atoms with Gasteiger partial charge in [-0.05, 0) is 17.9 Å². The van der Waals surface area contributed by atoms with Gasteiger partial charge in [-0.25, -0.2) is 0 Å². The van der Waals surface area contributed by atoms with E-state index in [0.29, 0.717) is 5.71 Å². The third kappa shape index (κ3) is 2.26. The van der Waals surface area contributed by atoms with E-state index in [-0.39, 0.29) is 5.41 Å². The molecule has 4 nitrogen and oxygen atoms in total. The van der Waals surface area contributed by atoms with Crippen molar-refractivity contribution in [2.24, 2.45) is 10.6 Å². The summed E-state index contributed by atoms with van der Waals surface area (Å²) in [6, 6.07) is 10.0. The fraction of sp³-hybridized carbons (Fsp3) is 0.500. The number of rotatable bonds is 2. The van der Waals surface area contributed by atoms with Gasteiger partial charge in [0.25, 0.3) is 0 Å². The Labute approximate surface area is 108 Å². The minimum absolute atomic E-state index is 0.189. The van der Waals surface area contributed by atoms with Crippen molar-refractivity contribution in [3.63, 3.8) is 0 Å². The molecule has 1 fully saturated rings. The van der Waals surface area contributed by atoms with Crippen LogP contribution in [0.4, 0.5) is 0 Å². The summed E-state index contributed by atoms with van der Waals surface area (Å²) in [6.45, 7) is 7.95. The molecule has 4 heteroatoms. The standard InChI is InChI=1S/C14H21N3O/c1-11(17-18)14(12-7-5-4-6-8-12)15-9-13(2,3)10-16-14/h4-8,15-16,18H,9-10H2,1-3H3/b17-11+. The highest BCUT2D eigenvalue weighted by Crippen LogP contribution is 2.27. The van der Waals surface area contributed by atoms with Gasteiger partial charge in [-0.2, -0.15) is 0 Å². The van der Waals surface area contributed by atoms with Crippen LogP contribution in [0.2, 0.25) is 0 Å². The largest absolute Gasteiger partial charge is 0.411 e. The van der Waals surface area contributed by atoms with E-state index < -0.39 is 5.66 Å². The molecule has 1 aliphatic heterocycles. The minimum Gasteiger partial charge on any atom is -0.411 e. The molecule has 1 saturated heterocycles. The molecule has 1 heterocycles. The Balaban J connectivity index is 2.38. The van der Waals surface area contributed by atoms with E-state index >= 15 is 0 Å². The predicted octanol–water partition coefficient (Wildman–Crippen LogP) is 1.91. The maximum absolute atomic E-state index is 9.15. The second-order valence-electron chi connectivity index (χ2n) is 5.67. The summed E-state index contributed by atoms with van der Waals surface area (Å²) < 4.78 is 0. The molecule has 0 aromatic heterocycles. The highest BCUT2D eigenvalue weighted by atomic mass is 16.4. The molecule has 3 N–H and O–H groups in total. The van der Waals surface area contributed by atoms with Gasteiger partial charge < -0.3 is 5.21 Å². The predicted molar refractivity (Wildman–Crippen MR) is 72.8 cm³/mol. The molecule has 0 aliphatic carbocycles. The van der Waals surface area contributed by atoms with Crippen LogP contribution in [0.1, 0.15) is 26.3 Å². The van der Waals surface area contributed by atoms with Crippen LogP contribution in [0.3, 0.4) is 0 Å². The van der Waals surface area contributed by atoms with Gasteiger partial charge >= 0.3 is 0 Å². The number of hydrogen-bond donors (Lipinski definition) is 3. The lowest BCUT2D eigenvalue weighted by atomic mass is 9.84. The first-order valence-electron chi connectivity index (χ1n) is 6.25. The molecule has 0 unspecified atom stereocenters. The van der Waals surface area contributed by atoms with E-state index in [4.69, 9.17) is 5.21 Å². The van der Waals surface area contributed by atoms with Crippen LogP contribution in [0.25, 0.3) is 0 Å². The molecule has 0 saturated carbocycles. The van der Waals surface area contributed by atoms with Gasteiger partial charge in [-0.15, -0.1) is 0 Å². The lowest BCUT2D eigenvalue weighted by Gasteiger charge is -2.45. The topological polar surface area (TPSA) is 56.7 Å². The summed E-state index contributed by atoms with van der Waals surface area (Å²) in [5, 5.41) is 19.5. The van der Waals surface area contributed by atoms with Crippen molar-refractivity contribution in [2.45, 2.75) is 26.4 Å². The average Bonchev–Trinajstić information content (AvgIpc) is 2.39. The maximum Gasteiger partial charge on any atom is 0.138 e. The highest BCUT2D eigenvalue weighted by Gasteiger charge is 2.41. The molecule has 1 aromatic rings. The third-order valence-corrected chi connectivity index (χ3v) is 3.56. The van der Waals surface area contributed by atoms with Gasteiger partial charge in [0.15, 0.2) is 0 Å². The van der Waals surface area contributed by atoms with E-state index in [9.17, 15) is 0 Å². The average molecular weight is 247 g/mol. The van der Waals surface area contributed by atoms with Crippen molar-refractivity contribution < 1.29 is 5.21 Å². The minimum atomic E-state index is -0.564. The Morgan fingerprint density at radius 2 is 1.72 bits per heavy atom. The van der Waals surface area contributed by atoms with Crippen LogP contribution >= 0.6 is 0 Å². The van der Waals surface area contributed by atoms with Crippen molar-refractivity contribution >= 4 is 5.71 Å². The first kappa shape index (κ1) is 13.1. The van der Waals surface area contributed by atoms with Gasteiger partial charge in [-0.3, -0.25) is 10.6 Å². The van der Waals surface area contributed by atoms with Crippen molar-refractivity contribution in [1.82, 2.24) is 10.6 Å². The molecule has 0 radical (unpaired) electrons. The molecular weight excluding hydrogens is 226 g/mol. The molecule has 1 aromatic carbocycles. The first-order chi connectivity index (χ1) is 8.50. The van der Waals surface area contributed by atoms with E-state index in [1.54, 1.807) is 0 Å². The zero-order valence-electron chi connectivity index (χ0n) is 11.2. The van der Waals surface area contributed by atoms with E-state index in [2.05, 4.69) is 29.6 Å². The Morgan fingerprint density at radius 3 is 2.22 bits per heavy atom. The van der Waals surface area contributed by atoms with Crippen LogP contribution in [-0.2, 0) is 5.66 Å². The molecule has 0 bridgehead atoms. The second-order valence-corrected chi connectivity index (χ2v) is 5.67. The van der Waals surface area contributed by atoms with Crippen LogP contribution in [0.5, 0.6) is 0 Å². The molecule has 0 spiro atoms. The molecule has 0 amide bonds. The quantitative estimate of drug-likeness (QED) is 0.425. The second kappa shape index (κ2) is 4.71. The zero-order chi connectivity index (χ0) is 13.2. The number of hydrogen-bond acceptors (Lipinski definition) is 4. The zero-order valence-corrected chi connectivity index (χ0v) is 11.2. The van der Waals surface area contributed by atoms with E-state index in [0.717, 1.165) is 18.7 Å². The van der Waals surface area contributed by atoms with Crippen LogP contribution in [0, 0.1) is 5.41 Å². The fourth-order valence-corrected chi connectivity index (χ4v) is 2.30. The summed E-state index contributed by atoms with van der Waals surface area (Å²) in [5.74, 6) is 0. The summed E-state index contributed by atoms with van der Waals surface area (Å²) in [5.41, 5.74) is 1.32. The lowest BCUT2D eigenvalue weighted by Crippen LogP contribution is -2.67. The van der Waals surface area contributed by atoms with Crippen LogP contribution in [0.15, 0.2) is 35.5 Å². The normalized spacial score (nSPS) is 22.7. The summed E-state index contributed by atoms with van der Waals surface area (Å²) >= 11 is 0. The number of nitrogens with one attached hydrogen (secondary N) is 2. The first-order valence-corrected chi connectivity index (χ1v) is 6.25. The Bertz CT molecular complexity index is 430. The Hall–Kier alpha value is -1.39. The maximum atomic E-state index is 9.15. The number of oxime groups is 1. The van der Waals surface area contributed by atoms with Crippen molar-refractivity contribution in [3.8, 4) is 0 Å². The molecule has 0 atom stereocenters. The van der Waals surface area contributed by atoms with Gasteiger partial charge in [0.1, 0.15) is 5.66 Å². The van der Waals surface area contributed by atoms with Gasteiger partial charge in [0.2, 0.25) is 0 Å². The monoisotopic (exact) mass is 247 g/mol. The number of nitrogens with zero attached hydrogens (tertiary/aromatic N) is 1. The molecule has 2 rings (SSSR count). The van der Waals surface area contributed by atoms with Gasteiger partial charge in [0, 0.05) is 13.1 Å². The molecular formula is C14H21N3O. The van der Waals surface area contributed by atoms with Crippen molar-refractivity contribution in [3.05, 3.63) is 35.9 Å². The summed E-state index contributed by atoms with van der Waals surface area (Å²) in [4.78, 5) is 0. The van der Waals surface area contributed by atoms with Gasteiger partial charge in [0.05, 0.1) is 5.71 Å². The van der Waals surface area contributed by atoms with Crippen molar-refractivity contribution in [1.29, 1.82) is 0 Å². The number of benzene rings is 1. The van der Waals surface area contributed by atoms with Crippen molar-refractivity contribution in [2.75, 3.05) is 13.1 Å². The Kier molecular flexibility index (Phi) is 3.41. The van der Waals surface area contributed by atoms with Gasteiger partial charge in [-0.1, -0.05) is 49.3 Å². The third-order valence-electron chi connectivity index (χ3n) is 3.56. The molecule has 1 aliphatic rings. The summed E-state index contributed by atoms with van der Waals surface area (Å²) in [7, 11) is 0. The van der Waals surface area contributed by atoms with E-state index in [1.165, 1.54) is 0 Å². The highest BCUT2D eigenvalue weighted by molar-refractivity contribution is 5.91. The molecule has 98 valence electrons. The SMILES string of the molecule is C/C(=N\O)C1(c2ccccc2)NCC(C)(C)CN1. The van der Waals surface area contributed by atoms with Crippen LogP contribution < -0.4 is 10.6 Å². The Morgan fingerprint density at radius 1 is 1.17 bits per heavy atom. The van der Waals surface area contributed by atoms with E-state index in [1.807, 2.05) is 37.3 Å². The molecule has 18 heavy (non-hydrogen) atoms. The summed E-state index contributed by atoms with van der Waals surface area (Å²) in [6.07, 6.45) is 0.